The molecule has 0 saturated carbocycles. The third kappa shape index (κ3) is 2.51. The molecule has 3 atom stereocenters. The number of carboxylic acids is 2. The van der Waals surface area contributed by atoms with Crippen LogP contribution in [0.2, 0.25) is 4.34 Å². The summed E-state index contributed by atoms with van der Waals surface area (Å²) in [5.41, 5.74) is -1.82. The first-order valence-corrected chi connectivity index (χ1v) is 8.86. The maximum atomic E-state index is 12.2. The lowest BCUT2D eigenvalue weighted by Gasteiger charge is -2.44. The second-order valence-corrected chi connectivity index (χ2v) is 8.25. The topological polar surface area (TPSA) is 74.6 Å². The molecule has 7 heteroatoms. The number of allylic oxidation sites excluding steroid dienone is 1. The molecule has 22 heavy (non-hydrogen) atoms. The molecule has 0 saturated heterocycles. The average molecular weight is 408 g/mol. The number of carboxylic acid groups (broad SMARTS) is 2. The molecule has 1 aromatic rings. The fourth-order valence-corrected chi connectivity index (χ4v) is 5.25. The Kier molecular flexibility index (Phi) is 4.76. The van der Waals surface area contributed by atoms with E-state index in [1.807, 2.05) is 0 Å². The fourth-order valence-electron chi connectivity index (χ4n) is 3.11. The standard InChI is InChI=1S/C15H16BrClO4S/c1-3-14(12(18)19)6-8(2)11(16)15(7-14,13(20)21)9-4-5-10(17)22-9/h4-6,11H,3,7H2,1-2H3,(H,18,19)(H,20,21). The Morgan fingerprint density at radius 1 is 1.41 bits per heavy atom. The molecular weight excluding hydrogens is 392 g/mol. The van der Waals surface area contributed by atoms with Gasteiger partial charge in [0.2, 0.25) is 0 Å². The van der Waals surface area contributed by atoms with Gasteiger partial charge in [-0.25, -0.2) is 0 Å². The molecule has 0 bridgehead atoms. The van der Waals surface area contributed by atoms with E-state index in [9.17, 15) is 19.8 Å². The molecule has 0 amide bonds. The first-order chi connectivity index (χ1) is 10.2. The molecule has 120 valence electrons. The zero-order chi connectivity index (χ0) is 16.7. The molecule has 1 aliphatic rings. The number of hydrogen-bond acceptors (Lipinski definition) is 3. The summed E-state index contributed by atoms with van der Waals surface area (Å²) in [5.74, 6) is -2.04. The van der Waals surface area contributed by atoms with Gasteiger partial charge in [-0.05, 0) is 31.9 Å². The van der Waals surface area contributed by atoms with Gasteiger partial charge < -0.3 is 10.2 Å². The number of halogens is 2. The van der Waals surface area contributed by atoms with Gasteiger partial charge in [-0.3, -0.25) is 9.59 Å². The summed E-state index contributed by atoms with van der Waals surface area (Å²) in [6.07, 6.45) is 2.00. The summed E-state index contributed by atoms with van der Waals surface area (Å²) in [6, 6.07) is 3.32. The molecule has 0 aliphatic heterocycles. The van der Waals surface area contributed by atoms with Gasteiger partial charge >= 0.3 is 11.9 Å². The van der Waals surface area contributed by atoms with Crippen molar-refractivity contribution in [2.75, 3.05) is 0 Å². The van der Waals surface area contributed by atoms with Gasteiger partial charge in [-0.15, -0.1) is 11.3 Å². The van der Waals surface area contributed by atoms with Crippen LogP contribution in [0, 0.1) is 5.41 Å². The van der Waals surface area contributed by atoms with E-state index in [4.69, 9.17) is 11.6 Å². The molecular formula is C15H16BrClO4S. The normalized spacial score (nSPS) is 31.6. The van der Waals surface area contributed by atoms with E-state index in [2.05, 4.69) is 15.9 Å². The molecule has 0 fully saturated rings. The summed E-state index contributed by atoms with van der Waals surface area (Å²) >= 11 is 10.6. The molecule has 1 aromatic heterocycles. The molecule has 2 N–H and O–H groups in total. The number of aliphatic carboxylic acids is 2. The van der Waals surface area contributed by atoms with Crippen molar-refractivity contribution in [3.63, 3.8) is 0 Å². The maximum Gasteiger partial charge on any atom is 0.316 e. The molecule has 0 aromatic carbocycles. The Hall–Kier alpha value is -0.850. The van der Waals surface area contributed by atoms with E-state index in [0.29, 0.717) is 21.2 Å². The first-order valence-electron chi connectivity index (χ1n) is 6.75. The lowest BCUT2D eigenvalue weighted by atomic mass is 9.61. The van der Waals surface area contributed by atoms with Gasteiger partial charge in [-0.2, -0.15) is 0 Å². The van der Waals surface area contributed by atoms with Crippen LogP contribution >= 0.6 is 38.9 Å². The number of alkyl halides is 1. The van der Waals surface area contributed by atoms with Crippen LogP contribution in [0.3, 0.4) is 0 Å². The Bertz CT molecular complexity index is 656. The largest absolute Gasteiger partial charge is 0.481 e. The van der Waals surface area contributed by atoms with Crippen molar-refractivity contribution in [1.29, 1.82) is 0 Å². The van der Waals surface area contributed by atoms with Gasteiger partial charge in [0.1, 0.15) is 5.41 Å². The predicted octanol–water partition coefficient (Wildman–Crippen LogP) is 4.32. The Morgan fingerprint density at radius 3 is 2.45 bits per heavy atom. The zero-order valence-corrected chi connectivity index (χ0v) is 15.3. The highest BCUT2D eigenvalue weighted by molar-refractivity contribution is 9.09. The molecule has 4 nitrogen and oxygen atoms in total. The van der Waals surface area contributed by atoms with E-state index in [1.54, 1.807) is 32.1 Å². The lowest BCUT2D eigenvalue weighted by molar-refractivity contribution is -0.151. The monoisotopic (exact) mass is 406 g/mol. The summed E-state index contributed by atoms with van der Waals surface area (Å²) in [7, 11) is 0. The van der Waals surface area contributed by atoms with E-state index < -0.39 is 27.6 Å². The SMILES string of the molecule is CCC1(C(=O)O)C=C(C)C(Br)C(C(=O)O)(c2ccc(Cl)s2)C1. The molecule has 1 aliphatic carbocycles. The Labute approximate surface area is 145 Å². The lowest BCUT2D eigenvalue weighted by Crippen LogP contribution is -2.52. The van der Waals surface area contributed by atoms with Gasteiger partial charge in [0.05, 0.1) is 14.6 Å². The zero-order valence-electron chi connectivity index (χ0n) is 12.1. The third-order valence-corrected chi connectivity index (χ3v) is 7.29. The molecule has 0 radical (unpaired) electrons. The summed E-state index contributed by atoms with van der Waals surface area (Å²) in [4.78, 5) is 24.1. The predicted molar refractivity (Wildman–Crippen MR) is 90.1 cm³/mol. The van der Waals surface area contributed by atoms with E-state index in [-0.39, 0.29) is 6.42 Å². The van der Waals surface area contributed by atoms with Crippen LogP contribution in [0.25, 0.3) is 0 Å². The number of thiophene rings is 1. The quantitative estimate of drug-likeness (QED) is 0.576. The van der Waals surface area contributed by atoms with Crippen LogP contribution in [0.1, 0.15) is 31.6 Å². The van der Waals surface area contributed by atoms with Crippen molar-refractivity contribution in [3.05, 3.63) is 33.0 Å². The van der Waals surface area contributed by atoms with E-state index >= 15 is 0 Å². The molecule has 1 heterocycles. The highest BCUT2D eigenvalue weighted by Gasteiger charge is 2.57. The molecule has 0 spiro atoms. The Morgan fingerprint density at radius 2 is 2.05 bits per heavy atom. The van der Waals surface area contributed by atoms with Crippen LogP contribution in [0.5, 0.6) is 0 Å². The number of hydrogen-bond donors (Lipinski definition) is 2. The van der Waals surface area contributed by atoms with Crippen molar-refractivity contribution in [2.24, 2.45) is 5.41 Å². The maximum absolute atomic E-state index is 12.2. The highest BCUT2D eigenvalue weighted by atomic mass is 79.9. The number of rotatable bonds is 4. The molecule has 2 rings (SSSR count). The van der Waals surface area contributed by atoms with Crippen molar-refractivity contribution < 1.29 is 19.8 Å². The second-order valence-electron chi connectivity index (χ2n) is 5.62. The van der Waals surface area contributed by atoms with Crippen molar-refractivity contribution in [3.8, 4) is 0 Å². The second kappa shape index (κ2) is 5.98. The van der Waals surface area contributed by atoms with Gasteiger partial charge in [-0.1, -0.05) is 46.1 Å². The van der Waals surface area contributed by atoms with Crippen molar-refractivity contribution in [1.82, 2.24) is 0 Å². The van der Waals surface area contributed by atoms with Gasteiger partial charge in [0.15, 0.2) is 0 Å². The van der Waals surface area contributed by atoms with Crippen LogP contribution in [-0.2, 0) is 15.0 Å². The smallest absolute Gasteiger partial charge is 0.316 e. The van der Waals surface area contributed by atoms with Crippen LogP contribution in [0.15, 0.2) is 23.8 Å². The molecule has 3 unspecified atom stereocenters. The summed E-state index contributed by atoms with van der Waals surface area (Å²) in [5, 5.41) is 19.6. The fraction of sp³-hybridized carbons (Fsp3) is 0.467. The van der Waals surface area contributed by atoms with Crippen molar-refractivity contribution in [2.45, 2.75) is 36.9 Å². The number of carbonyl (C=O) groups is 2. The average Bonchev–Trinajstić information content (AvgIpc) is 2.88. The minimum absolute atomic E-state index is 0.00867. The van der Waals surface area contributed by atoms with Gasteiger partial charge in [0.25, 0.3) is 0 Å². The Balaban J connectivity index is 2.71. The minimum Gasteiger partial charge on any atom is -0.481 e. The van der Waals surface area contributed by atoms with Crippen LogP contribution < -0.4 is 0 Å². The first kappa shape index (κ1) is 17.5. The van der Waals surface area contributed by atoms with Gasteiger partial charge in [0, 0.05) is 4.88 Å². The van der Waals surface area contributed by atoms with E-state index in [1.165, 1.54) is 11.3 Å². The van der Waals surface area contributed by atoms with Crippen LogP contribution in [-0.4, -0.2) is 27.0 Å². The summed E-state index contributed by atoms with van der Waals surface area (Å²) < 4.78 is 0.486. The van der Waals surface area contributed by atoms with E-state index in [0.717, 1.165) is 0 Å². The highest BCUT2D eigenvalue weighted by Crippen LogP contribution is 2.53. The van der Waals surface area contributed by atoms with Crippen LogP contribution in [0.4, 0.5) is 0 Å². The van der Waals surface area contributed by atoms with Crippen molar-refractivity contribution >= 4 is 50.8 Å². The summed E-state index contributed by atoms with van der Waals surface area (Å²) in [6.45, 7) is 3.53. The minimum atomic E-state index is -1.34. The third-order valence-electron chi connectivity index (χ3n) is 4.38.